The number of nitrogens with one attached hydrogen (secondary N) is 8. The molecule has 0 spiro atoms. The van der Waals surface area contributed by atoms with Crippen molar-refractivity contribution in [3.05, 3.63) is 0 Å². The molecular weight excluding hydrogens is 807 g/mol. The van der Waals surface area contributed by atoms with E-state index >= 15 is 0 Å². The van der Waals surface area contributed by atoms with Gasteiger partial charge in [0.05, 0.1) is 12.1 Å². The van der Waals surface area contributed by atoms with E-state index < -0.39 is 126 Å². The normalized spacial score (nSPS) is 16.8. The molecule has 8 amide bonds. The molecule has 0 aromatic rings. The standard InChI is InChI=1S/C42H77N9O11/c1-15-23(10)32(40(59)48-30(18-21(6)7)39(58)45-24(11)34(53)44-25(12)35(54)49-31(22(8)9)42(61)62)50-41(60)33(27(14)52)51-36(55)26(13)46-38(57)29(17-20(4)5)47-37(56)28(43)16-19(2)3/h19-33,52H,15-18,43H2,1-14H3,(H,44,53)(H,45,58)(H,46,57)(H,47,56)(H,48,59)(H,49,54)(H,50,60)(H,51,55)(H,61,62)/t23-,24-,25-,26-,27+,28-,29-,30-,31-,32-,33-/m0/s1. The smallest absolute Gasteiger partial charge is 0.326 e. The van der Waals surface area contributed by atoms with Gasteiger partial charge in [0.1, 0.15) is 48.3 Å². The van der Waals surface area contributed by atoms with Gasteiger partial charge in [-0.3, -0.25) is 38.4 Å². The van der Waals surface area contributed by atoms with Crippen molar-refractivity contribution < 1.29 is 53.4 Å². The second-order valence-corrected chi connectivity index (χ2v) is 18.0. The lowest BCUT2D eigenvalue weighted by atomic mass is 9.96. The molecule has 0 heterocycles. The Morgan fingerprint density at radius 2 is 0.774 bits per heavy atom. The summed E-state index contributed by atoms with van der Waals surface area (Å²) in [6.45, 7) is 23.2. The zero-order valence-electron chi connectivity index (χ0n) is 39.1. The van der Waals surface area contributed by atoms with Gasteiger partial charge >= 0.3 is 5.97 Å². The van der Waals surface area contributed by atoms with E-state index in [2.05, 4.69) is 42.5 Å². The van der Waals surface area contributed by atoms with Crippen LogP contribution in [-0.4, -0.2) is 124 Å². The summed E-state index contributed by atoms with van der Waals surface area (Å²) in [6.07, 6.45) is -0.299. The van der Waals surface area contributed by atoms with E-state index in [4.69, 9.17) is 5.73 Å². The maximum Gasteiger partial charge on any atom is 0.326 e. The third-order valence-electron chi connectivity index (χ3n) is 10.1. The average molecular weight is 884 g/mol. The molecule has 20 heteroatoms. The number of aliphatic hydroxyl groups is 1. The van der Waals surface area contributed by atoms with Crippen LogP contribution in [0.5, 0.6) is 0 Å². The quantitative estimate of drug-likeness (QED) is 0.0501. The van der Waals surface area contributed by atoms with Gasteiger partial charge in [-0.25, -0.2) is 4.79 Å². The van der Waals surface area contributed by atoms with E-state index in [0.29, 0.717) is 12.8 Å². The molecule has 0 fully saturated rings. The minimum Gasteiger partial charge on any atom is -0.480 e. The third kappa shape index (κ3) is 20.3. The van der Waals surface area contributed by atoms with Crippen LogP contribution in [0.15, 0.2) is 0 Å². The van der Waals surface area contributed by atoms with Crippen molar-refractivity contribution in [2.75, 3.05) is 0 Å². The highest BCUT2D eigenvalue weighted by atomic mass is 16.4. The molecule has 0 radical (unpaired) electrons. The number of aliphatic carboxylic acids is 1. The predicted molar refractivity (Wildman–Crippen MR) is 232 cm³/mol. The Balaban J connectivity index is 5.96. The molecule has 0 aliphatic carbocycles. The third-order valence-corrected chi connectivity index (χ3v) is 10.1. The monoisotopic (exact) mass is 884 g/mol. The fourth-order valence-corrected chi connectivity index (χ4v) is 6.14. The van der Waals surface area contributed by atoms with Gasteiger partial charge in [0.25, 0.3) is 0 Å². The van der Waals surface area contributed by atoms with Crippen molar-refractivity contribution in [2.24, 2.45) is 35.3 Å². The summed E-state index contributed by atoms with van der Waals surface area (Å²) in [5.74, 6) is -8.06. The Bertz CT molecular complexity index is 1540. The molecule has 0 aromatic heterocycles. The summed E-state index contributed by atoms with van der Waals surface area (Å²) in [7, 11) is 0. The molecule has 0 saturated carbocycles. The number of aliphatic hydroxyl groups excluding tert-OH is 1. The van der Waals surface area contributed by atoms with Crippen LogP contribution in [0.1, 0.15) is 123 Å². The molecule has 0 unspecified atom stereocenters. The molecule has 0 aliphatic heterocycles. The van der Waals surface area contributed by atoms with Gasteiger partial charge in [0, 0.05) is 0 Å². The second kappa shape index (κ2) is 27.3. The topological polar surface area (TPSA) is 316 Å². The Kier molecular flexibility index (Phi) is 25.1. The Morgan fingerprint density at radius 3 is 1.13 bits per heavy atom. The predicted octanol–water partition coefficient (Wildman–Crippen LogP) is -0.442. The van der Waals surface area contributed by atoms with Crippen molar-refractivity contribution in [3.63, 3.8) is 0 Å². The van der Waals surface area contributed by atoms with Crippen LogP contribution in [0.3, 0.4) is 0 Å². The first-order valence-corrected chi connectivity index (χ1v) is 21.6. The summed E-state index contributed by atoms with van der Waals surface area (Å²) in [6, 6.07) is -10.6. The maximum absolute atomic E-state index is 13.8. The van der Waals surface area contributed by atoms with E-state index in [1.165, 1.54) is 27.7 Å². The zero-order valence-corrected chi connectivity index (χ0v) is 39.1. The number of carbonyl (C=O) groups is 9. The lowest BCUT2D eigenvalue weighted by molar-refractivity contribution is -0.143. The van der Waals surface area contributed by atoms with E-state index in [0.717, 1.165) is 0 Å². The van der Waals surface area contributed by atoms with Crippen LogP contribution < -0.4 is 48.3 Å². The molecule has 20 nitrogen and oxygen atoms in total. The maximum atomic E-state index is 13.8. The number of rotatable bonds is 27. The van der Waals surface area contributed by atoms with Crippen molar-refractivity contribution in [1.29, 1.82) is 0 Å². The van der Waals surface area contributed by atoms with Gasteiger partial charge < -0.3 is 58.5 Å². The second-order valence-electron chi connectivity index (χ2n) is 18.0. The minimum absolute atomic E-state index is 0.0112. The van der Waals surface area contributed by atoms with E-state index in [9.17, 15) is 53.4 Å². The number of nitrogens with two attached hydrogens (primary N) is 1. The van der Waals surface area contributed by atoms with Crippen LogP contribution in [0.2, 0.25) is 0 Å². The Labute approximate surface area is 366 Å². The molecule has 0 aliphatic rings. The number of carbonyl (C=O) groups excluding carboxylic acids is 8. The van der Waals surface area contributed by atoms with Gasteiger partial charge in [-0.15, -0.1) is 0 Å². The molecule has 0 rings (SSSR count). The SMILES string of the molecule is CC[C@H](C)[C@H](NC(=O)[C@@H](NC(=O)[C@H](C)NC(=O)[C@H](CC(C)C)NC(=O)[C@@H](N)CC(C)C)[C@@H](C)O)C(=O)N[C@@H](CC(C)C)C(=O)N[C@@H](C)C(=O)N[C@@H](C)C(=O)N[C@H](C(=O)O)C(C)C. The number of carboxylic acid groups (broad SMARTS) is 1. The zero-order chi connectivity index (χ0) is 48.3. The fraction of sp³-hybridized carbons (Fsp3) is 0.786. The summed E-state index contributed by atoms with van der Waals surface area (Å²) >= 11 is 0. The lowest BCUT2D eigenvalue weighted by Gasteiger charge is -2.30. The van der Waals surface area contributed by atoms with Crippen molar-refractivity contribution in [3.8, 4) is 0 Å². The van der Waals surface area contributed by atoms with Crippen molar-refractivity contribution in [1.82, 2.24) is 42.5 Å². The molecule has 0 saturated heterocycles. The summed E-state index contributed by atoms with van der Waals surface area (Å²) in [5, 5.41) is 40.2. The van der Waals surface area contributed by atoms with Gasteiger partial charge in [-0.1, -0.05) is 75.7 Å². The van der Waals surface area contributed by atoms with E-state index in [1.54, 1.807) is 27.7 Å². The van der Waals surface area contributed by atoms with Gasteiger partial charge in [0.2, 0.25) is 47.3 Å². The van der Waals surface area contributed by atoms with Crippen LogP contribution in [0, 0.1) is 29.6 Å². The molecule has 62 heavy (non-hydrogen) atoms. The summed E-state index contributed by atoms with van der Waals surface area (Å²) in [4.78, 5) is 118. The first kappa shape index (κ1) is 57.1. The Hall–Kier alpha value is -4.85. The minimum atomic E-state index is -1.58. The molecular formula is C42H77N9O11. The highest BCUT2D eigenvalue weighted by molar-refractivity contribution is 5.98. The number of carboxylic acids is 1. The number of hydrogen-bond donors (Lipinski definition) is 11. The van der Waals surface area contributed by atoms with Gasteiger partial charge in [-0.05, 0) is 76.5 Å². The van der Waals surface area contributed by atoms with Crippen molar-refractivity contribution >= 4 is 53.2 Å². The van der Waals surface area contributed by atoms with Crippen LogP contribution >= 0.6 is 0 Å². The lowest BCUT2D eigenvalue weighted by Crippen LogP contribution is -2.62. The van der Waals surface area contributed by atoms with Crippen LogP contribution in [-0.2, 0) is 43.2 Å². The number of amides is 8. The van der Waals surface area contributed by atoms with Crippen molar-refractivity contribution in [2.45, 2.75) is 183 Å². The summed E-state index contributed by atoms with van der Waals surface area (Å²) in [5.41, 5.74) is 6.02. The van der Waals surface area contributed by atoms with Crippen LogP contribution in [0.4, 0.5) is 0 Å². The average Bonchev–Trinajstić information content (AvgIpc) is 3.15. The number of hydrogen-bond acceptors (Lipinski definition) is 11. The van der Waals surface area contributed by atoms with E-state index in [1.807, 2.05) is 41.5 Å². The van der Waals surface area contributed by atoms with E-state index in [-0.39, 0.29) is 30.6 Å². The fourth-order valence-electron chi connectivity index (χ4n) is 6.14. The van der Waals surface area contributed by atoms with Gasteiger partial charge in [0.15, 0.2) is 0 Å². The molecule has 0 bridgehead atoms. The highest BCUT2D eigenvalue weighted by Crippen LogP contribution is 2.13. The molecule has 356 valence electrons. The highest BCUT2D eigenvalue weighted by Gasteiger charge is 2.36. The first-order chi connectivity index (χ1) is 28.5. The first-order valence-electron chi connectivity index (χ1n) is 21.6. The largest absolute Gasteiger partial charge is 0.480 e. The Morgan fingerprint density at radius 1 is 0.435 bits per heavy atom. The molecule has 0 aromatic carbocycles. The van der Waals surface area contributed by atoms with Crippen LogP contribution in [0.25, 0.3) is 0 Å². The van der Waals surface area contributed by atoms with Gasteiger partial charge in [-0.2, -0.15) is 0 Å². The molecule has 12 N–H and O–H groups in total. The summed E-state index contributed by atoms with van der Waals surface area (Å²) < 4.78 is 0. The molecule has 11 atom stereocenters.